The quantitative estimate of drug-likeness (QED) is 0.453. The molecule has 0 aromatic heterocycles. The average Bonchev–Trinajstić information content (AvgIpc) is 2.95. The predicted molar refractivity (Wildman–Crippen MR) is 109 cm³/mol. The van der Waals surface area contributed by atoms with E-state index in [9.17, 15) is 4.79 Å². The number of ketones is 1. The number of nitrogens with zero attached hydrogens (tertiary/aromatic N) is 1. The lowest BCUT2D eigenvalue weighted by Gasteiger charge is -2.60. The summed E-state index contributed by atoms with van der Waals surface area (Å²) in [6, 6.07) is 0. The minimum Gasteiger partial charge on any atom is -0.394 e. The highest BCUT2D eigenvalue weighted by Crippen LogP contribution is 2.66. The molecule has 4 aliphatic rings. The molecule has 0 aliphatic heterocycles. The van der Waals surface area contributed by atoms with E-state index in [1.165, 1.54) is 24.1 Å². The Labute approximate surface area is 164 Å². The van der Waals surface area contributed by atoms with E-state index < -0.39 is 0 Å². The summed E-state index contributed by atoms with van der Waals surface area (Å²) in [6.45, 7) is 10.8. The number of carbonyl (C=O) groups excluding carboxylic acids is 1. The Bertz CT molecular complexity index is 657. The fourth-order valence-electron chi connectivity index (χ4n) is 7.07. The van der Waals surface area contributed by atoms with Crippen LogP contribution < -0.4 is 5.32 Å². The van der Waals surface area contributed by atoms with Crippen LogP contribution in [0.1, 0.15) is 65.2 Å². The van der Waals surface area contributed by atoms with Crippen LogP contribution in [0, 0.1) is 34.5 Å². The number of hydrogen-bond acceptors (Lipinski definition) is 4. The number of Topliss-reactive ketones (excluding diaryl/α,β-unsaturated/α-hetero) is 1. The van der Waals surface area contributed by atoms with E-state index in [-0.39, 0.29) is 5.41 Å². The molecule has 1 unspecified atom stereocenters. The van der Waals surface area contributed by atoms with Gasteiger partial charge in [0.05, 0.1) is 5.71 Å². The maximum absolute atomic E-state index is 12.6. The van der Waals surface area contributed by atoms with Crippen LogP contribution in [0.5, 0.6) is 0 Å². The van der Waals surface area contributed by atoms with Crippen LogP contribution in [0.4, 0.5) is 0 Å². The first kappa shape index (κ1) is 19.2. The first-order valence-corrected chi connectivity index (χ1v) is 10.9. The molecule has 0 bridgehead atoms. The molecular weight excluding hydrogens is 336 g/mol. The fraction of sp³-hybridized carbons (Fsp3) is 0.826. The molecule has 4 aliphatic carbocycles. The SMILES string of the molecule is C=C1CC2CC(=NOCCNC)CC[C@]2(C)[C@@H]2CC[C@]3(C)C(=O)CC[C@H]3[C@H]12. The summed E-state index contributed by atoms with van der Waals surface area (Å²) in [4.78, 5) is 18.1. The minimum absolute atomic E-state index is 0.0737. The zero-order valence-corrected chi connectivity index (χ0v) is 17.4. The van der Waals surface area contributed by atoms with E-state index in [0.29, 0.717) is 41.5 Å². The molecule has 27 heavy (non-hydrogen) atoms. The van der Waals surface area contributed by atoms with Crippen molar-refractivity contribution >= 4 is 11.5 Å². The summed E-state index contributed by atoms with van der Waals surface area (Å²) in [5.41, 5.74) is 2.94. The van der Waals surface area contributed by atoms with Gasteiger partial charge in [0.25, 0.3) is 0 Å². The number of fused-ring (bicyclic) bond motifs is 5. The third-order valence-corrected chi connectivity index (χ3v) is 8.81. The van der Waals surface area contributed by atoms with Gasteiger partial charge in [0.1, 0.15) is 12.4 Å². The van der Waals surface area contributed by atoms with Crippen LogP contribution in [0.3, 0.4) is 0 Å². The highest BCUT2D eigenvalue weighted by molar-refractivity contribution is 5.87. The molecule has 4 nitrogen and oxygen atoms in total. The van der Waals surface area contributed by atoms with Crippen LogP contribution in [0.25, 0.3) is 0 Å². The monoisotopic (exact) mass is 372 g/mol. The summed E-state index contributed by atoms with van der Waals surface area (Å²) in [5.74, 6) is 2.94. The van der Waals surface area contributed by atoms with Crippen LogP contribution in [-0.2, 0) is 9.63 Å². The van der Waals surface area contributed by atoms with Gasteiger partial charge in [-0.15, -0.1) is 0 Å². The van der Waals surface area contributed by atoms with Crippen molar-refractivity contribution in [2.45, 2.75) is 65.2 Å². The van der Waals surface area contributed by atoms with Crippen molar-refractivity contribution < 1.29 is 9.63 Å². The van der Waals surface area contributed by atoms with Crippen molar-refractivity contribution in [2.24, 2.45) is 39.7 Å². The van der Waals surface area contributed by atoms with Crippen molar-refractivity contribution in [3.63, 3.8) is 0 Å². The van der Waals surface area contributed by atoms with Crippen molar-refractivity contribution in [3.05, 3.63) is 12.2 Å². The second-order valence-electron chi connectivity index (χ2n) is 10.0. The summed E-state index contributed by atoms with van der Waals surface area (Å²) in [5, 5.41) is 7.54. The van der Waals surface area contributed by atoms with Crippen LogP contribution in [0.2, 0.25) is 0 Å². The Morgan fingerprint density at radius 3 is 2.78 bits per heavy atom. The Kier molecular flexibility index (Phi) is 4.99. The summed E-state index contributed by atoms with van der Waals surface area (Å²) >= 11 is 0. The lowest BCUT2D eigenvalue weighted by molar-refractivity contribution is -0.133. The van der Waals surface area contributed by atoms with E-state index in [2.05, 4.69) is 30.9 Å². The second-order valence-corrected chi connectivity index (χ2v) is 10.0. The first-order valence-electron chi connectivity index (χ1n) is 10.9. The number of rotatable bonds is 4. The van der Waals surface area contributed by atoms with Gasteiger partial charge in [0, 0.05) is 18.4 Å². The highest BCUT2D eigenvalue weighted by Gasteiger charge is 2.61. The maximum atomic E-state index is 12.6. The van der Waals surface area contributed by atoms with Gasteiger partial charge in [-0.05, 0) is 81.1 Å². The molecule has 0 radical (unpaired) electrons. The Hall–Kier alpha value is -1.16. The second kappa shape index (κ2) is 7.02. The van der Waals surface area contributed by atoms with Gasteiger partial charge in [-0.3, -0.25) is 4.79 Å². The largest absolute Gasteiger partial charge is 0.394 e. The van der Waals surface area contributed by atoms with Crippen molar-refractivity contribution in [1.82, 2.24) is 5.32 Å². The molecular formula is C23H36N2O2. The third-order valence-electron chi connectivity index (χ3n) is 8.81. The molecule has 0 spiro atoms. The van der Waals surface area contributed by atoms with Gasteiger partial charge in [0.2, 0.25) is 0 Å². The molecule has 0 aromatic carbocycles. The van der Waals surface area contributed by atoms with E-state index in [1.54, 1.807) is 0 Å². The molecule has 4 fully saturated rings. The Balaban J connectivity index is 1.52. The molecule has 4 rings (SSSR count). The molecule has 0 saturated heterocycles. The zero-order valence-electron chi connectivity index (χ0n) is 17.4. The van der Waals surface area contributed by atoms with Gasteiger partial charge >= 0.3 is 0 Å². The van der Waals surface area contributed by atoms with Gasteiger partial charge in [-0.2, -0.15) is 0 Å². The Morgan fingerprint density at radius 2 is 2.00 bits per heavy atom. The molecule has 4 saturated carbocycles. The van der Waals surface area contributed by atoms with Crippen LogP contribution in [0.15, 0.2) is 17.3 Å². The molecule has 0 heterocycles. The van der Waals surface area contributed by atoms with Crippen molar-refractivity contribution in [3.8, 4) is 0 Å². The molecule has 150 valence electrons. The summed E-state index contributed by atoms with van der Waals surface area (Å²) in [6.07, 6.45) is 8.58. The van der Waals surface area contributed by atoms with Crippen molar-refractivity contribution in [2.75, 3.05) is 20.2 Å². The average molecular weight is 373 g/mol. The number of carbonyl (C=O) groups is 1. The van der Waals surface area contributed by atoms with Gasteiger partial charge < -0.3 is 10.2 Å². The number of likely N-dealkylation sites (N-methyl/N-ethyl adjacent to an activating group) is 1. The van der Waals surface area contributed by atoms with E-state index in [4.69, 9.17) is 4.84 Å². The van der Waals surface area contributed by atoms with Crippen LogP contribution in [-0.4, -0.2) is 31.7 Å². The summed E-state index contributed by atoms with van der Waals surface area (Å²) < 4.78 is 0. The van der Waals surface area contributed by atoms with Crippen molar-refractivity contribution in [1.29, 1.82) is 0 Å². The lowest BCUT2D eigenvalue weighted by Crippen LogP contribution is -2.54. The molecule has 0 aromatic rings. The van der Waals surface area contributed by atoms with Gasteiger partial charge in [-0.1, -0.05) is 31.2 Å². The fourth-order valence-corrected chi connectivity index (χ4v) is 7.07. The predicted octanol–water partition coefficient (Wildman–Crippen LogP) is 4.36. The highest BCUT2D eigenvalue weighted by atomic mass is 16.6. The molecule has 1 N–H and O–H groups in total. The normalized spacial score (nSPS) is 45.4. The smallest absolute Gasteiger partial charge is 0.139 e. The summed E-state index contributed by atoms with van der Waals surface area (Å²) in [7, 11) is 1.93. The molecule has 6 atom stereocenters. The van der Waals surface area contributed by atoms with E-state index in [0.717, 1.165) is 45.1 Å². The molecule has 4 heteroatoms. The number of hydrogen-bond donors (Lipinski definition) is 1. The van der Waals surface area contributed by atoms with Crippen LogP contribution >= 0.6 is 0 Å². The van der Waals surface area contributed by atoms with E-state index >= 15 is 0 Å². The third kappa shape index (κ3) is 2.99. The lowest BCUT2D eigenvalue weighted by atomic mass is 9.44. The first-order chi connectivity index (χ1) is 12.9. The number of allylic oxidation sites excluding steroid dienone is 1. The van der Waals surface area contributed by atoms with E-state index in [1.807, 2.05) is 7.05 Å². The topological polar surface area (TPSA) is 50.7 Å². The zero-order chi connectivity index (χ0) is 19.2. The number of nitrogens with one attached hydrogen (secondary N) is 1. The Morgan fingerprint density at radius 1 is 1.19 bits per heavy atom. The number of oxime groups is 1. The van der Waals surface area contributed by atoms with Gasteiger partial charge in [0.15, 0.2) is 0 Å². The minimum atomic E-state index is -0.0737. The maximum Gasteiger partial charge on any atom is 0.139 e. The van der Waals surface area contributed by atoms with Gasteiger partial charge in [-0.25, -0.2) is 0 Å². The standard InChI is InChI=1S/C23H36N2O2/c1-15-13-16-14-17(25-27-12-11-24-4)7-9-22(16,2)19-8-10-23(3)18(21(15)19)5-6-20(23)26/h16,18-19,21,24H,1,5-14H2,2-4H3/t16?,18-,19+,21-,22-,23-/m0/s1. The molecule has 0 amide bonds.